The first-order valence-corrected chi connectivity index (χ1v) is 5.55. The Labute approximate surface area is 96.5 Å². The summed E-state index contributed by atoms with van der Waals surface area (Å²) in [6, 6.07) is 9.49. The van der Waals surface area contributed by atoms with E-state index in [0.29, 0.717) is 6.42 Å². The molecule has 0 aliphatic carbocycles. The van der Waals surface area contributed by atoms with Crippen LogP contribution in [0.3, 0.4) is 0 Å². The van der Waals surface area contributed by atoms with Crippen molar-refractivity contribution in [3.05, 3.63) is 35.9 Å². The molecule has 0 saturated carbocycles. The topological polar surface area (TPSA) is 17.1 Å². The van der Waals surface area contributed by atoms with Gasteiger partial charge >= 0.3 is 0 Å². The van der Waals surface area contributed by atoms with Gasteiger partial charge in [-0.25, -0.2) is 0 Å². The monoisotopic (exact) mass is 224 g/mol. The summed E-state index contributed by atoms with van der Waals surface area (Å²) in [4.78, 5) is 11.8. The van der Waals surface area contributed by atoms with Crippen molar-refractivity contribution in [2.75, 3.05) is 0 Å². The highest BCUT2D eigenvalue weighted by Gasteiger charge is 2.23. The first-order chi connectivity index (χ1) is 6.90. The van der Waals surface area contributed by atoms with E-state index in [9.17, 15) is 4.79 Å². The lowest BCUT2D eigenvalue weighted by Crippen LogP contribution is -2.16. The third-order valence-corrected chi connectivity index (χ3v) is 2.57. The molecule has 1 nitrogen and oxygen atoms in total. The first kappa shape index (κ1) is 12.3. The van der Waals surface area contributed by atoms with Gasteiger partial charge in [0, 0.05) is 6.42 Å². The van der Waals surface area contributed by atoms with Gasteiger partial charge in [0.2, 0.25) is 0 Å². The maximum absolute atomic E-state index is 11.8. The average molecular weight is 225 g/mol. The Morgan fingerprint density at radius 1 is 1.27 bits per heavy atom. The molecule has 0 N–H and O–H groups in total. The van der Waals surface area contributed by atoms with Gasteiger partial charge in [0.05, 0.1) is 0 Å². The van der Waals surface area contributed by atoms with Crippen molar-refractivity contribution in [1.29, 1.82) is 0 Å². The molecule has 1 atom stereocenters. The van der Waals surface area contributed by atoms with Gasteiger partial charge in [-0.3, -0.25) is 4.79 Å². The number of Topliss-reactive ketones (excluding diaryl/α,β-unsaturated/α-hetero) is 1. The van der Waals surface area contributed by atoms with Crippen molar-refractivity contribution < 1.29 is 4.79 Å². The lowest BCUT2D eigenvalue weighted by molar-refractivity contribution is -0.120. The second-order valence-electron chi connectivity index (χ2n) is 4.98. The zero-order chi connectivity index (χ0) is 11.5. The van der Waals surface area contributed by atoms with Gasteiger partial charge in [-0.2, -0.15) is 0 Å². The summed E-state index contributed by atoms with van der Waals surface area (Å²) in [5, 5.41) is -0.509. The van der Waals surface area contributed by atoms with Crippen molar-refractivity contribution in [3.63, 3.8) is 0 Å². The number of carbonyl (C=O) groups is 1. The van der Waals surface area contributed by atoms with Crippen LogP contribution >= 0.6 is 11.6 Å². The van der Waals surface area contributed by atoms with Crippen LogP contribution in [0, 0.1) is 5.41 Å². The zero-order valence-electron chi connectivity index (χ0n) is 9.46. The number of hydrogen-bond acceptors (Lipinski definition) is 1. The molecule has 0 bridgehead atoms. The smallest absolute Gasteiger partial charge is 0.155 e. The van der Waals surface area contributed by atoms with Crippen molar-refractivity contribution in [1.82, 2.24) is 0 Å². The fourth-order valence-electron chi connectivity index (χ4n) is 1.42. The number of benzene rings is 1. The minimum atomic E-state index is -0.509. The summed E-state index contributed by atoms with van der Waals surface area (Å²) in [5.74, 6) is 0.0929. The van der Waals surface area contributed by atoms with Gasteiger partial charge in [0.25, 0.3) is 0 Å². The predicted octanol–water partition coefficient (Wildman–Crippen LogP) is 3.97. The number of carbonyl (C=O) groups excluding carboxylic acids is 1. The van der Waals surface area contributed by atoms with Gasteiger partial charge in [-0.15, -0.1) is 11.6 Å². The molecule has 0 radical (unpaired) electrons. The Hall–Kier alpha value is -0.820. The number of alkyl halides is 1. The zero-order valence-corrected chi connectivity index (χ0v) is 10.2. The number of halogens is 1. The third kappa shape index (κ3) is 4.05. The second kappa shape index (κ2) is 4.80. The molecule has 82 valence electrons. The second-order valence-corrected chi connectivity index (χ2v) is 5.41. The third-order valence-electron chi connectivity index (χ3n) is 2.08. The molecule has 0 fully saturated rings. The summed E-state index contributed by atoms with van der Waals surface area (Å²) in [5.41, 5.74) is 0.882. The Morgan fingerprint density at radius 2 is 1.80 bits per heavy atom. The molecule has 15 heavy (non-hydrogen) atoms. The van der Waals surface area contributed by atoms with Crippen LogP contribution in [-0.2, 0) is 4.79 Å². The van der Waals surface area contributed by atoms with Crippen molar-refractivity contribution >= 4 is 17.4 Å². The van der Waals surface area contributed by atoms with Crippen molar-refractivity contribution in [2.24, 2.45) is 5.41 Å². The quantitative estimate of drug-likeness (QED) is 0.710. The minimum Gasteiger partial charge on any atom is -0.298 e. The molecule has 2 heteroatoms. The van der Waals surface area contributed by atoms with E-state index in [4.69, 9.17) is 11.6 Å². The molecule has 1 unspecified atom stereocenters. The highest BCUT2D eigenvalue weighted by molar-refractivity contribution is 6.31. The van der Waals surface area contributed by atoms with Crippen LogP contribution in [0.1, 0.15) is 38.1 Å². The Kier molecular flexibility index (Phi) is 3.92. The van der Waals surface area contributed by atoms with E-state index in [-0.39, 0.29) is 11.2 Å². The molecule has 0 amide bonds. The Bertz CT molecular complexity index is 324. The molecule has 0 aromatic heterocycles. The highest BCUT2D eigenvalue weighted by atomic mass is 35.5. The van der Waals surface area contributed by atoms with Crippen LogP contribution in [0.5, 0.6) is 0 Å². The Morgan fingerprint density at radius 3 is 2.27 bits per heavy atom. The normalized spacial score (nSPS) is 13.6. The fourth-order valence-corrected chi connectivity index (χ4v) is 1.64. The predicted molar refractivity (Wildman–Crippen MR) is 64.1 cm³/mol. The van der Waals surface area contributed by atoms with Crippen LogP contribution in [0.25, 0.3) is 0 Å². The van der Waals surface area contributed by atoms with Gasteiger partial charge in [-0.05, 0) is 11.0 Å². The van der Waals surface area contributed by atoms with Crippen molar-refractivity contribution in [2.45, 2.75) is 32.6 Å². The molecule has 0 spiro atoms. The van der Waals surface area contributed by atoms with Crippen LogP contribution in [0.15, 0.2) is 30.3 Å². The maximum Gasteiger partial charge on any atom is 0.155 e. The van der Waals surface area contributed by atoms with Crippen molar-refractivity contribution in [3.8, 4) is 0 Å². The molecule has 0 heterocycles. The maximum atomic E-state index is 11.8. The first-order valence-electron chi connectivity index (χ1n) is 5.12. The standard InChI is InChI=1S/C13H17ClO/c1-13(2,3)9-11(15)12(14)10-7-5-4-6-8-10/h4-8,12H,9H2,1-3H3. The van der Waals surface area contributed by atoms with E-state index in [1.54, 1.807) is 0 Å². The average Bonchev–Trinajstić information content (AvgIpc) is 2.15. The largest absolute Gasteiger partial charge is 0.298 e. The summed E-state index contributed by atoms with van der Waals surface area (Å²) >= 11 is 6.11. The van der Waals surface area contributed by atoms with Crippen LogP contribution < -0.4 is 0 Å². The van der Waals surface area contributed by atoms with Gasteiger partial charge in [0.15, 0.2) is 5.78 Å². The molecule has 1 rings (SSSR count). The fraction of sp³-hybridized carbons (Fsp3) is 0.462. The summed E-state index contributed by atoms with van der Waals surface area (Å²) in [7, 11) is 0. The number of hydrogen-bond donors (Lipinski definition) is 0. The van der Waals surface area contributed by atoms with Gasteiger partial charge < -0.3 is 0 Å². The summed E-state index contributed by atoms with van der Waals surface area (Å²) in [6.07, 6.45) is 0.510. The molecular weight excluding hydrogens is 208 g/mol. The Balaban J connectivity index is 2.70. The molecule has 1 aromatic rings. The molecule has 0 aliphatic rings. The molecular formula is C13H17ClO. The lowest BCUT2D eigenvalue weighted by Gasteiger charge is -2.19. The molecule has 0 aliphatic heterocycles. The van der Waals surface area contributed by atoms with E-state index < -0.39 is 5.38 Å². The SMILES string of the molecule is CC(C)(C)CC(=O)C(Cl)c1ccccc1. The molecule has 1 aromatic carbocycles. The highest BCUT2D eigenvalue weighted by Crippen LogP contribution is 2.28. The van der Waals surface area contributed by atoms with E-state index in [1.807, 2.05) is 51.1 Å². The van der Waals surface area contributed by atoms with Crippen LogP contribution in [0.2, 0.25) is 0 Å². The van der Waals surface area contributed by atoms with E-state index in [2.05, 4.69) is 0 Å². The number of ketones is 1. The van der Waals surface area contributed by atoms with Gasteiger partial charge in [-0.1, -0.05) is 51.1 Å². The summed E-state index contributed by atoms with van der Waals surface area (Å²) in [6.45, 7) is 6.12. The summed E-state index contributed by atoms with van der Waals surface area (Å²) < 4.78 is 0. The number of rotatable bonds is 3. The van der Waals surface area contributed by atoms with E-state index in [1.165, 1.54) is 0 Å². The van der Waals surface area contributed by atoms with Gasteiger partial charge in [0.1, 0.15) is 5.38 Å². The minimum absolute atomic E-state index is 0.000988. The molecule has 0 saturated heterocycles. The van der Waals surface area contributed by atoms with Crippen LogP contribution in [-0.4, -0.2) is 5.78 Å². The van der Waals surface area contributed by atoms with E-state index in [0.717, 1.165) is 5.56 Å². The van der Waals surface area contributed by atoms with Crippen LogP contribution in [0.4, 0.5) is 0 Å². The lowest BCUT2D eigenvalue weighted by atomic mass is 9.88. The van der Waals surface area contributed by atoms with E-state index >= 15 is 0 Å².